The van der Waals surface area contributed by atoms with Crippen LogP contribution in [0.5, 0.6) is 0 Å². The number of benzene rings is 2. The molecular weight excluding hydrogens is 439 g/mol. The fraction of sp³-hybridized carbons (Fsp3) is 0.500. The lowest BCUT2D eigenvalue weighted by Gasteiger charge is -2.32. The van der Waals surface area contributed by atoms with Crippen molar-refractivity contribution in [3.8, 4) is 0 Å². The molecule has 1 saturated carbocycles. The zero-order chi connectivity index (χ0) is 23.8. The summed E-state index contributed by atoms with van der Waals surface area (Å²) < 4.78 is 14.1. The molecule has 0 amide bonds. The van der Waals surface area contributed by atoms with Gasteiger partial charge in [-0.2, -0.15) is 0 Å². The molecule has 4 rings (SSSR count). The van der Waals surface area contributed by atoms with Gasteiger partial charge in [-0.1, -0.05) is 86.9 Å². The number of rotatable bonds is 10. The lowest BCUT2D eigenvalue weighted by Crippen LogP contribution is -2.22. The number of alkyl halides is 1. The molecule has 182 valence electrons. The maximum Gasteiger partial charge on any atom is 0.131 e. The first-order valence-electron chi connectivity index (χ1n) is 13.5. The van der Waals surface area contributed by atoms with Crippen molar-refractivity contribution >= 4 is 17.2 Å². The highest BCUT2D eigenvalue weighted by Gasteiger charge is 2.29. The van der Waals surface area contributed by atoms with Gasteiger partial charge in [0, 0.05) is 5.56 Å². The lowest BCUT2D eigenvalue weighted by atomic mass is 9.76. The van der Waals surface area contributed by atoms with E-state index in [1.165, 1.54) is 81.4 Å². The molecule has 0 radical (unpaired) electrons. The van der Waals surface area contributed by atoms with Crippen LogP contribution in [0.2, 0.25) is 0 Å². The van der Waals surface area contributed by atoms with Crippen LogP contribution in [0.25, 0.3) is 5.57 Å². The van der Waals surface area contributed by atoms with Gasteiger partial charge in [0.1, 0.15) is 5.82 Å². The number of allylic oxidation sites excluding steroid dienone is 4. The van der Waals surface area contributed by atoms with E-state index in [0.29, 0.717) is 5.56 Å². The highest BCUT2D eigenvalue weighted by Crippen LogP contribution is 2.41. The highest BCUT2D eigenvalue weighted by atomic mass is 35.5. The smallest absolute Gasteiger partial charge is 0.131 e. The quantitative estimate of drug-likeness (QED) is 0.235. The van der Waals surface area contributed by atoms with Crippen LogP contribution in [0, 0.1) is 11.7 Å². The van der Waals surface area contributed by atoms with E-state index in [2.05, 4.69) is 43.3 Å². The second kappa shape index (κ2) is 12.2. The summed E-state index contributed by atoms with van der Waals surface area (Å²) in [6, 6.07) is 16.5. The summed E-state index contributed by atoms with van der Waals surface area (Å²) in [6.07, 6.45) is 20.9. The predicted octanol–water partition coefficient (Wildman–Crippen LogP) is 10.0. The SMILES string of the molecule is CCCCCCc1ccc([C@H]2CC[C@H](CCC3(Cl)C=CC(c4ccccc4F)=CC3)CC2)cc1. The molecule has 0 bridgehead atoms. The van der Waals surface area contributed by atoms with Gasteiger partial charge < -0.3 is 0 Å². The van der Waals surface area contributed by atoms with Gasteiger partial charge in [0.15, 0.2) is 0 Å². The van der Waals surface area contributed by atoms with Gasteiger partial charge >= 0.3 is 0 Å². The Labute approximate surface area is 211 Å². The van der Waals surface area contributed by atoms with Gasteiger partial charge in [0.25, 0.3) is 0 Å². The van der Waals surface area contributed by atoms with E-state index in [0.717, 1.165) is 30.3 Å². The summed E-state index contributed by atoms with van der Waals surface area (Å²) in [4.78, 5) is -0.321. The molecule has 1 unspecified atom stereocenters. The van der Waals surface area contributed by atoms with Crippen LogP contribution in [0.3, 0.4) is 0 Å². The van der Waals surface area contributed by atoms with Crippen molar-refractivity contribution in [1.29, 1.82) is 0 Å². The van der Waals surface area contributed by atoms with E-state index in [9.17, 15) is 4.39 Å². The second-order valence-electron chi connectivity index (χ2n) is 10.5. The van der Waals surface area contributed by atoms with Gasteiger partial charge in [-0.15, -0.1) is 11.6 Å². The topological polar surface area (TPSA) is 0 Å². The van der Waals surface area contributed by atoms with Gasteiger partial charge in [0.2, 0.25) is 0 Å². The molecule has 0 aromatic heterocycles. The van der Waals surface area contributed by atoms with Crippen molar-refractivity contribution in [2.45, 2.75) is 94.8 Å². The van der Waals surface area contributed by atoms with Crippen molar-refractivity contribution in [1.82, 2.24) is 0 Å². The summed E-state index contributed by atoms with van der Waals surface area (Å²) in [5.74, 6) is 1.32. The Hall–Kier alpha value is -1.86. The molecule has 0 saturated heterocycles. The third-order valence-electron chi connectivity index (χ3n) is 7.99. The van der Waals surface area contributed by atoms with Crippen LogP contribution in [0.4, 0.5) is 4.39 Å². The molecule has 0 nitrogen and oxygen atoms in total. The van der Waals surface area contributed by atoms with Crippen molar-refractivity contribution in [2.75, 3.05) is 0 Å². The zero-order valence-corrected chi connectivity index (χ0v) is 21.5. The summed E-state index contributed by atoms with van der Waals surface area (Å²) in [7, 11) is 0. The van der Waals surface area contributed by atoms with E-state index in [4.69, 9.17) is 11.6 Å². The zero-order valence-electron chi connectivity index (χ0n) is 20.7. The van der Waals surface area contributed by atoms with Gasteiger partial charge in [-0.3, -0.25) is 0 Å². The van der Waals surface area contributed by atoms with Crippen LogP contribution < -0.4 is 0 Å². The minimum absolute atomic E-state index is 0.168. The molecule has 0 aliphatic heterocycles. The maximum atomic E-state index is 14.1. The second-order valence-corrected chi connectivity index (χ2v) is 11.3. The molecule has 0 heterocycles. The Morgan fingerprint density at radius 1 is 0.941 bits per heavy atom. The standard InChI is InChI=1S/C32H40ClF/c1-2-3-4-5-8-25-11-15-27(16-12-25)28-17-13-26(14-18-28)19-22-32(33)23-20-29(21-24-32)30-9-6-7-10-31(30)34/h6-7,9-12,15-16,20-21,23,26,28H,2-5,8,13-14,17-19,22,24H2,1H3/t26-,28-,32?. The van der Waals surface area contributed by atoms with E-state index >= 15 is 0 Å². The molecule has 2 heteroatoms. The van der Waals surface area contributed by atoms with Crippen molar-refractivity contribution in [3.05, 3.63) is 89.3 Å². The first-order chi connectivity index (χ1) is 16.6. The minimum atomic E-state index is -0.321. The van der Waals surface area contributed by atoms with Crippen molar-refractivity contribution < 1.29 is 4.39 Å². The fourth-order valence-corrected chi connectivity index (χ4v) is 5.93. The largest absolute Gasteiger partial charge is 0.206 e. The van der Waals surface area contributed by atoms with Crippen LogP contribution in [-0.4, -0.2) is 4.87 Å². The molecular formula is C32H40ClF. The highest BCUT2D eigenvalue weighted by molar-refractivity contribution is 6.25. The number of unbranched alkanes of at least 4 members (excludes halogenated alkanes) is 3. The van der Waals surface area contributed by atoms with Crippen molar-refractivity contribution in [3.63, 3.8) is 0 Å². The lowest BCUT2D eigenvalue weighted by molar-refractivity contribution is 0.298. The Morgan fingerprint density at radius 3 is 2.38 bits per heavy atom. The number of halogens is 2. The molecule has 1 fully saturated rings. The third-order valence-corrected chi connectivity index (χ3v) is 8.46. The van der Waals surface area contributed by atoms with Crippen LogP contribution >= 0.6 is 11.6 Å². The van der Waals surface area contributed by atoms with Crippen LogP contribution in [0.1, 0.15) is 100 Å². The van der Waals surface area contributed by atoms with E-state index < -0.39 is 0 Å². The van der Waals surface area contributed by atoms with Crippen LogP contribution in [-0.2, 0) is 6.42 Å². The molecule has 2 aromatic carbocycles. The number of hydrogen-bond acceptors (Lipinski definition) is 0. The maximum absolute atomic E-state index is 14.1. The number of hydrogen-bond donors (Lipinski definition) is 0. The Morgan fingerprint density at radius 2 is 1.71 bits per heavy atom. The van der Waals surface area contributed by atoms with Gasteiger partial charge in [0.05, 0.1) is 4.87 Å². The first-order valence-corrected chi connectivity index (χ1v) is 13.9. The molecule has 2 aromatic rings. The Balaban J connectivity index is 1.20. The molecule has 0 spiro atoms. The molecule has 2 aliphatic rings. The molecule has 34 heavy (non-hydrogen) atoms. The average molecular weight is 479 g/mol. The van der Waals surface area contributed by atoms with Gasteiger partial charge in [-0.25, -0.2) is 4.39 Å². The summed E-state index contributed by atoms with van der Waals surface area (Å²) >= 11 is 6.95. The number of aryl methyl sites for hydroxylation is 1. The molecule has 2 aliphatic carbocycles. The summed E-state index contributed by atoms with van der Waals surface area (Å²) in [5.41, 5.74) is 4.64. The van der Waals surface area contributed by atoms with E-state index in [1.807, 2.05) is 18.2 Å². The average Bonchev–Trinajstić information content (AvgIpc) is 2.87. The van der Waals surface area contributed by atoms with Crippen LogP contribution in [0.15, 0.2) is 66.8 Å². The normalized spacial score (nSPS) is 24.7. The minimum Gasteiger partial charge on any atom is -0.206 e. The third kappa shape index (κ3) is 6.85. The molecule has 0 N–H and O–H groups in total. The summed E-state index contributed by atoms with van der Waals surface area (Å²) in [5, 5.41) is 0. The summed E-state index contributed by atoms with van der Waals surface area (Å²) in [6.45, 7) is 2.27. The fourth-order valence-electron chi connectivity index (χ4n) is 5.68. The molecule has 1 atom stereocenters. The predicted molar refractivity (Wildman–Crippen MR) is 145 cm³/mol. The van der Waals surface area contributed by atoms with Crippen molar-refractivity contribution in [2.24, 2.45) is 5.92 Å². The Kier molecular flexibility index (Phi) is 9.06. The van der Waals surface area contributed by atoms with E-state index in [-0.39, 0.29) is 10.7 Å². The monoisotopic (exact) mass is 478 g/mol. The van der Waals surface area contributed by atoms with Gasteiger partial charge in [-0.05, 0) is 92.4 Å². The first kappa shape index (κ1) is 25.2. The Bertz CT molecular complexity index is 965. The van der Waals surface area contributed by atoms with E-state index in [1.54, 1.807) is 6.07 Å².